The number of ketones is 1. The minimum Gasteiger partial charge on any atom is -0.453 e. The third-order valence-electron chi connectivity index (χ3n) is 5.47. The first-order valence-electron chi connectivity index (χ1n) is 10.1. The molecule has 0 amide bonds. The van der Waals surface area contributed by atoms with Crippen LogP contribution >= 0.6 is 11.8 Å². The highest BCUT2D eigenvalue weighted by Crippen LogP contribution is 2.42. The largest absolute Gasteiger partial charge is 0.453 e. The summed E-state index contributed by atoms with van der Waals surface area (Å²) in [5.74, 6) is -0.524. The first-order valence-corrected chi connectivity index (χ1v) is 11.0. The number of ether oxygens (including phenoxy) is 1. The van der Waals surface area contributed by atoms with Crippen LogP contribution in [0.5, 0.6) is 0 Å². The molecule has 4 heteroatoms. The van der Waals surface area contributed by atoms with Crippen LogP contribution in [0.15, 0.2) is 89.8 Å². The van der Waals surface area contributed by atoms with Gasteiger partial charge in [-0.25, -0.2) is 0 Å². The molecule has 3 aromatic rings. The van der Waals surface area contributed by atoms with E-state index in [4.69, 9.17) is 4.74 Å². The van der Waals surface area contributed by atoms with Gasteiger partial charge in [-0.2, -0.15) is 0 Å². The predicted octanol–water partition coefficient (Wildman–Crippen LogP) is 5.50. The van der Waals surface area contributed by atoms with E-state index < -0.39 is 16.8 Å². The molecule has 0 bridgehead atoms. The quantitative estimate of drug-likeness (QED) is 0.393. The molecule has 1 saturated heterocycles. The van der Waals surface area contributed by atoms with Gasteiger partial charge in [0.05, 0.1) is 6.42 Å². The zero-order chi connectivity index (χ0) is 21.0. The van der Waals surface area contributed by atoms with Crippen molar-refractivity contribution < 1.29 is 14.3 Å². The van der Waals surface area contributed by atoms with Crippen molar-refractivity contribution >= 4 is 23.5 Å². The highest BCUT2D eigenvalue weighted by molar-refractivity contribution is 8.01. The molecule has 1 aliphatic heterocycles. The molecule has 3 aromatic carbocycles. The number of Topliss-reactive ketones (excluding diaryl/α,β-unsaturated/α-hetero) is 1. The van der Waals surface area contributed by atoms with Crippen LogP contribution in [0, 0.1) is 6.92 Å². The van der Waals surface area contributed by atoms with Crippen LogP contribution in [0.25, 0.3) is 0 Å². The summed E-state index contributed by atoms with van der Waals surface area (Å²) >= 11 is 1.28. The van der Waals surface area contributed by atoms with Crippen LogP contribution in [0.1, 0.15) is 29.5 Å². The molecular formula is C26H24O3S. The lowest BCUT2D eigenvalue weighted by Gasteiger charge is -2.39. The summed E-state index contributed by atoms with van der Waals surface area (Å²) in [7, 11) is 0. The van der Waals surface area contributed by atoms with E-state index >= 15 is 0 Å². The number of cyclic esters (lactones) is 1. The van der Waals surface area contributed by atoms with Gasteiger partial charge >= 0.3 is 5.97 Å². The lowest BCUT2D eigenvalue weighted by molar-refractivity contribution is -0.171. The summed E-state index contributed by atoms with van der Waals surface area (Å²) in [6.07, 6.45) is 1.49. The summed E-state index contributed by atoms with van der Waals surface area (Å²) in [6, 6.07) is 27.6. The van der Waals surface area contributed by atoms with Crippen molar-refractivity contribution in [1.82, 2.24) is 0 Å². The molecule has 2 unspecified atom stereocenters. The molecule has 1 fully saturated rings. The molecule has 0 aromatic heterocycles. The van der Waals surface area contributed by atoms with Gasteiger partial charge in [0.2, 0.25) is 0 Å². The Morgan fingerprint density at radius 3 is 2.30 bits per heavy atom. The molecule has 1 aliphatic rings. The van der Waals surface area contributed by atoms with Gasteiger partial charge in [0.25, 0.3) is 0 Å². The van der Waals surface area contributed by atoms with Crippen molar-refractivity contribution in [3.05, 3.63) is 102 Å². The Hall–Kier alpha value is -2.85. The topological polar surface area (TPSA) is 43.4 Å². The second-order valence-electron chi connectivity index (χ2n) is 7.72. The number of carbonyl (C=O) groups excluding carboxylic acids is 2. The fourth-order valence-corrected chi connectivity index (χ4v) is 4.95. The molecular weight excluding hydrogens is 392 g/mol. The Kier molecular flexibility index (Phi) is 6.05. The molecule has 0 N–H and O–H groups in total. The van der Waals surface area contributed by atoms with Gasteiger partial charge in [0.15, 0.2) is 11.0 Å². The van der Waals surface area contributed by atoms with Crippen LogP contribution in [0.2, 0.25) is 0 Å². The number of aryl methyl sites for hydroxylation is 2. The molecule has 30 heavy (non-hydrogen) atoms. The van der Waals surface area contributed by atoms with Crippen molar-refractivity contribution in [2.75, 3.05) is 0 Å². The Balaban J connectivity index is 1.59. The lowest BCUT2D eigenvalue weighted by Crippen LogP contribution is -2.47. The van der Waals surface area contributed by atoms with E-state index in [1.54, 1.807) is 0 Å². The van der Waals surface area contributed by atoms with E-state index in [9.17, 15) is 9.59 Å². The lowest BCUT2D eigenvalue weighted by atomic mass is 9.81. The Morgan fingerprint density at radius 1 is 0.933 bits per heavy atom. The first kappa shape index (κ1) is 20.4. The van der Waals surface area contributed by atoms with Crippen molar-refractivity contribution in [3.8, 4) is 0 Å². The maximum Gasteiger partial charge on any atom is 0.327 e. The highest BCUT2D eigenvalue weighted by Gasteiger charge is 2.48. The van der Waals surface area contributed by atoms with Crippen LogP contribution < -0.4 is 0 Å². The fourth-order valence-electron chi connectivity index (χ4n) is 3.90. The zero-order valence-corrected chi connectivity index (χ0v) is 17.7. The second kappa shape index (κ2) is 8.88. The highest BCUT2D eigenvalue weighted by atomic mass is 32.2. The SMILES string of the molecule is Cc1cccc(SC2C(=O)CC(CCc3ccccc3)(c3ccccc3)OC2=O)c1. The number of esters is 1. The predicted molar refractivity (Wildman–Crippen MR) is 119 cm³/mol. The van der Waals surface area contributed by atoms with Gasteiger partial charge < -0.3 is 4.74 Å². The van der Waals surface area contributed by atoms with E-state index in [-0.39, 0.29) is 12.2 Å². The van der Waals surface area contributed by atoms with Crippen molar-refractivity contribution in [3.63, 3.8) is 0 Å². The molecule has 1 heterocycles. The smallest absolute Gasteiger partial charge is 0.327 e. The number of thioether (sulfide) groups is 1. The maximum atomic E-state index is 13.2. The van der Waals surface area contributed by atoms with Crippen LogP contribution in [0.3, 0.4) is 0 Å². The summed E-state index contributed by atoms with van der Waals surface area (Å²) in [6.45, 7) is 2.00. The van der Waals surface area contributed by atoms with Crippen LogP contribution in [0.4, 0.5) is 0 Å². The van der Waals surface area contributed by atoms with Gasteiger partial charge in [-0.05, 0) is 43.0 Å². The van der Waals surface area contributed by atoms with E-state index in [0.29, 0.717) is 6.42 Å². The van der Waals surface area contributed by atoms with E-state index in [1.807, 2.05) is 79.7 Å². The van der Waals surface area contributed by atoms with Crippen molar-refractivity contribution in [2.45, 2.75) is 41.9 Å². The molecule has 0 radical (unpaired) electrons. The Bertz CT molecular complexity index is 1010. The minimum atomic E-state index is -0.922. The number of carbonyl (C=O) groups is 2. The van der Waals surface area contributed by atoms with Gasteiger partial charge in [-0.3, -0.25) is 9.59 Å². The van der Waals surface area contributed by atoms with Gasteiger partial charge in [-0.15, -0.1) is 11.8 Å². The fraction of sp³-hybridized carbons (Fsp3) is 0.231. The van der Waals surface area contributed by atoms with E-state index in [2.05, 4.69) is 12.1 Å². The number of hydrogen-bond donors (Lipinski definition) is 0. The molecule has 152 valence electrons. The summed E-state index contributed by atoms with van der Waals surface area (Å²) in [5, 5.41) is -0.819. The second-order valence-corrected chi connectivity index (χ2v) is 8.90. The molecule has 0 aliphatic carbocycles. The summed E-state index contributed by atoms with van der Waals surface area (Å²) in [4.78, 5) is 27.1. The Labute approximate surface area is 181 Å². The Morgan fingerprint density at radius 2 is 1.63 bits per heavy atom. The molecule has 3 nitrogen and oxygen atoms in total. The third-order valence-corrected chi connectivity index (χ3v) is 6.68. The third kappa shape index (κ3) is 4.49. The summed E-state index contributed by atoms with van der Waals surface area (Å²) in [5.41, 5.74) is 2.21. The van der Waals surface area contributed by atoms with E-state index in [0.717, 1.165) is 28.0 Å². The van der Waals surface area contributed by atoms with Gasteiger partial charge in [-0.1, -0.05) is 78.4 Å². The van der Waals surface area contributed by atoms with Gasteiger partial charge in [0.1, 0.15) is 5.60 Å². The standard InChI is InChI=1S/C26H24O3S/c1-19-9-8-14-22(17-19)30-24-23(27)18-26(29-25(24)28,21-12-6-3-7-13-21)16-15-20-10-4-2-5-11-20/h2-14,17,24H,15-16,18H2,1H3. The average Bonchev–Trinajstić information content (AvgIpc) is 2.76. The molecule has 0 saturated carbocycles. The maximum absolute atomic E-state index is 13.2. The van der Waals surface area contributed by atoms with Gasteiger partial charge in [0, 0.05) is 4.90 Å². The molecule has 2 atom stereocenters. The van der Waals surface area contributed by atoms with Crippen LogP contribution in [-0.4, -0.2) is 17.0 Å². The van der Waals surface area contributed by atoms with Crippen LogP contribution in [-0.2, 0) is 26.3 Å². The molecule has 4 rings (SSSR count). The number of hydrogen-bond acceptors (Lipinski definition) is 4. The summed E-state index contributed by atoms with van der Waals surface area (Å²) < 4.78 is 6.09. The molecule has 0 spiro atoms. The zero-order valence-electron chi connectivity index (χ0n) is 16.9. The van der Waals surface area contributed by atoms with Crippen molar-refractivity contribution in [1.29, 1.82) is 0 Å². The first-order chi connectivity index (χ1) is 14.6. The monoisotopic (exact) mass is 416 g/mol. The average molecular weight is 417 g/mol. The van der Waals surface area contributed by atoms with Crippen molar-refractivity contribution in [2.24, 2.45) is 0 Å². The minimum absolute atomic E-state index is 0.0744. The van der Waals surface area contributed by atoms with E-state index in [1.165, 1.54) is 11.8 Å². The number of rotatable bonds is 6. The number of benzene rings is 3. The normalized spacial score (nSPS) is 21.3.